The first kappa shape index (κ1) is 24.7. The molecule has 186 valence electrons. The monoisotopic (exact) mass is 483 g/mol. The first-order valence-corrected chi connectivity index (χ1v) is 11.7. The van der Waals surface area contributed by atoms with Crippen molar-refractivity contribution in [3.05, 3.63) is 65.5 Å². The third kappa shape index (κ3) is 4.86. The molecule has 2 aliphatic rings. The first-order chi connectivity index (χ1) is 16.8. The highest BCUT2D eigenvalue weighted by Crippen LogP contribution is 2.39. The highest BCUT2D eigenvalue weighted by molar-refractivity contribution is 5.99. The zero-order valence-electron chi connectivity index (χ0n) is 20.1. The standard InChI is InChI=1S/C26H30FN3O5/c1-17(2)28-23(31)22-16-35-26(30(22)24(32)18-7-6-8-19(15-18)34-3)11-13-29(14-12-26)25(33)20-9-4-5-10-21(20)27/h4-10,15,17,22H,11-14,16H2,1-3H3,(H,28,31)/t22-/m1/s1. The van der Waals surface area contributed by atoms with Crippen LogP contribution in [0, 0.1) is 5.82 Å². The third-order valence-electron chi connectivity index (χ3n) is 6.47. The lowest BCUT2D eigenvalue weighted by Crippen LogP contribution is -2.60. The number of piperidine rings is 1. The van der Waals surface area contributed by atoms with Gasteiger partial charge in [0, 0.05) is 37.5 Å². The average Bonchev–Trinajstić information content (AvgIpc) is 3.22. The number of nitrogens with one attached hydrogen (secondary N) is 1. The van der Waals surface area contributed by atoms with Gasteiger partial charge in [0.15, 0.2) is 0 Å². The predicted octanol–water partition coefficient (Wildman–Crippen LogP) is 2.83. The van der Waals surface area contributed by atoms with Crippen LogP contribution < -0.4 is 10.1 Å². The van der Waals surface area contributed by atoms with E-state index in [1.54, 1.807) is 35.2 Å². The number of hydrogen-bond donors (Lipinski definition) is 1. The molecule has 2 aromatic carbocycles. The van der Waals surface area contributed by atoms with Crippen molar-refractivity contribution in [3.63, 3.8) is 0 Å². The van der Waals surface area contributed by atoms with Crippen LogP contribution >= 0.6 is 0 Å². The second-order valence-corrected chi connectivity index (χ2v) is 9.12. The summed E-state index contributed by atoms with van der Waals surface area (Å²) in [5, 5.41) is 2.88. The Labute approximate surface area is 204 Å². The van der Waals surface area contributed by atoms with E-state index in [2.05, 4.69) is 5.32 Å². The SMILES string of the molecule is COc1cccc(C(=O)N2[C@@H](C(=O)NC(C)C)COC23CCN(C(=O)c2ccccc2F)CC3)c1. The molecule has 0 aliphatic carbocycles. The summed E-state index contributed by atoms with van der Waals surface area (Å²) >= 11 is 0. The van der Waals surface area contributed by atoms with E-state index in [0.717, 1.165) is 0 Å². The quantitative estimate of drug-likeness (QED) is 0.707. The molecule has 2 heterocycles. The van der Waals surface area contributed by atoms with Crippen LogP contribution in [0.4, 0.5) is 4.39 Å². The minimum Gasteiger partial charge on any atom is -0.497 e. The van der Waals surface area contributed by atoms with Gasteiger partial charge in [-0.2, -0.15) is 0 Å². The molecule has 2 aliphatic heterocycles. The molecular formula is C26H30FN3O5. The van der Waals surface area contributed by atoms with Crippen LogP contribution in [-0.4, -0.2) is 72.1 Å². The molecule has 0 saturated carbocycles. The van der Waals surface area contributed by atoms with Crippen molar-refractivity contribution in [1.29, 1.82) is 0 Å². The maximum Gasteiger partial charge on any atom is 0.257 e. The number of methoxy groups -OCH3 is 1. The van der Waals surface area contributed by atoms with Crippen LogP contribution in [0.2, 0.25) is 0 Å². The second-order valence-electron chi connectivity index (χ2n) is 9.12. The maximum atomic E-state index is 14.2. The Balaban J connectivity index is 1.60. The normalized spacial score (nSPS) is 19.2. The Morgan fingerprint density at radius 3 is 2.46 bits per heavy atom. The molecular weight excluding hydrogens is 453 g/mol. The molecule has 1 atom stereocenters. The van der Waals surface area contributed by atoms with Crippen LogP contribution in [0.15, 0.2) is 48.5 Å². The molecule has 0 bridgehead atoms. The Morgan fingerprint density at radius 1 is 1.09 bits per heavy atom. The molecule has 2 aromatic rings. The molecule has 1 N–H and O–H groups in total. The molecule has 3 amide bonds. The largest absolute Gasteiger partial charge is 0.497 e. The Bertz CT molecular complexity index is 1110. The van der Waals surface area contributed by atoms with Gasteiger partial charge < -0.3 is 19.7 Å². The minimum absolute atomic E-state index is 0.00860. The molecule has 1 spiro atoms. The van der Waals surface area contributed by atoms with Crippen molar-refractivity contribution >= 4 is 17.7 Å². The Kier molecular flexibility index (Phi) is 7.07. The van der Waals surface area contributed by atoms with E-state index in [-0.39, 0.29) is 43.1 Å². The molecule has 0 radical (unpaired) electrons. The summed E-state index contributed by atoms with van der Waals surface area (Å²) in [5.74, 6) is -1.10. The number of hydrogen-bond acceptors (Lipinski definition) is 5. The van der Waals surface area contributed by atoms with Gasteiger partial charge in [-0.3, -0.25) is 19.3 Å². The molecule has 9 heteroatoms. The van der Waals surface area contributed by atoms with Crippen molar-refractivity contribution < 1.29 is 28.2 Å². The fraction of sp³-hybridized carbons (Fsp3) is 0.423. The fourth-order valence-electron chi connectivity index (χ4n) is 4.71. The van der Waals surface area contributed by atoms with Crippen LogP contribution in [0.25, 0.3) is 0 Å². The molecule has 35 heavy (non-hydrogen) atoms. The van der Waals surface area contributed by atoms with Crippen molar-refractivity contribution in [3.8, 4) is 5.75 Å². The lowest BCUT2D eigenvalue weighted by molar-refractivity contribution is -0.128. The van der Waals surface area contributed by atoms with Gasteiger partial charge in [0.25, 0.3) is 11.8 Å². The second kappa shape index (κ2) is 10.0. The van der Waals surface area contributed by atoms with Gasteiger partial charge >= 0.3 is 0 Å². The molecule has 0 aromatic heterocycles. The smallest absolute Gasteiger partial charge is 0.257 e. The van der Waals surface area contributed by atoms with Gasteiger partial charge in [0.05, 0.1) is 19.3 Å². The number of carbonyl (C=O) groups is 3. The summed E-state index contributed by atoms with van der Waals surface area (Å²) in [4.78, 5) is 42.8. The summed E-state index contributed by atoms with van der Waals surface area (Å²) in [6, 6.07) is 11.7. The molecule has 8 nitrogen and oxygen atoms in total. The van der Waals surface area contributed by atoms with Crippen molar-refractivity contribution in [2.24, 2.45) is 0 Å². The van der Waals surface area contributed by atoms with Crippen LogP contribution in [0.5, 0.6) is 5.75 Å². The van der Waals surface area contributed by atoms with Crippen LogP contribution in [0.3, 0.4) is 0 Å². The topological polar surface area (TPSA) is 88.2 Å². The number of ether oxygens (including phenoxy) is 2. The highest BCUT2D eigenvalue weighted by Gasteiger charge is 2.54. The van der Waals surface area contributed by atoms with Crippen LogP contribution in [-0.2, 0) is 9.53 Å². The van der Waals surface area contributed by atoms with Crippen LogP contribution in [0.1, 0.15) is 47.4 Å². The van der Waals surface area contributed by atoms with E-state index in [9.17, 15) is 18.8 Å². The number of rotatable bonds is 5. The average molecular weight is 484 g/mol. The summed E-state index contributed by atoms with van der Waals surface area (Å²) in [6.45, 7) is 4.27. The third-order valence-corrected chi connectivity index (χ3v) is 6.47. The van der Waals surface area contributed by atoms with Gasteiger partial charge in [-0.05, 0) is 44.2 Å². The summed E-state index contributed by atoms with van der Waals surface area (Å²) in [6.07, 6.45) is 0.600. The number of likely N-dealkylation sites (tertiary alicyclic amines) is 1. The van der Waals surface area contributed by atoms with Crippen molar-refractivity contribution in [1.82, 2.24) is 15.1 Å². The van der Waals surface area contributed by atoms with Gasteiger partial charge in [-0.15, -0.1) is 0 Å². The number of benzene rings is 2. The summed E-state index contributed by atoms with van der Waals surface area (Å²) < 4.78 is 25.6. The molecule has 4 rings (SSSR count). The van der Waals surface area contributed by atoms with E-state index in [4.69, 9.17) is 9.47 Å². The zero-order valence-corrected chi connectivity index (χ0v) is 20.1. The number of nitrogens with zero attached hydrogens (tertiary/aromatic N) is 2. The van der Waals surface area contributed by atoms with E-state index in [1.165, 1.54) is 30.2 Å². The summed E-state index contributed by atoms with van der Waals surface area (Å²) in [7, 11) is 1.52. The fourth-order valence-corrected chi connectivity index (χ4v) is 4.71. The molecule has 2 fully saturated rings. The van der Waals surface area contributed by atoms with Crippen molar-refractivity contribution in [2.75, 3.05) is 26.8 Å². The minimum atomic E-state index is -1.05. The lowest BCUT2D eigenvalue weighted by atomic mass is 9.96. The van der Waals surface area contributed by atoms with E-state index in [0.29, 0.717) is 24.2 Å². The summed E-state index contributed by atoms with van der Waals surface area (Å²) in [5.41, 5.74) is -0.666. The van der Waals surface area contributed by atoms with Gasteiger partial charge in [-0.25, -0.2) is 4.39 Å². The van der Waals surface area contributed by atoms with E-state index < -0.39 is 23.5 Å². The number of carbonyl (C=O) groups excluding carboxylic acids is 3. The molecule has 0 unspecified atom stereocenters. The zero-order chi connectivity index (χ0) is 25.2. The maximum absolute atomic E-state index is 14.2. The Hall–Kier alpha value is -3.46. The molecule has 2 saturated heterocycles. The van der Waals surface area contributed by atoms with Crippen molar-refractivity contribution in [2.45, 2.75) is 44.5 Å². The van der Waals surface area contributed by atoms with Gasteiger partial charge in [-0.1, -0.05) is 18.2 Å². The number of amides is 3. The van der Waals surface area contributed by atoms with E-state index in [1.807, 2.05) is 13.8 Å². The highest BCUT2D eigenvalue weighted by atomic mass is 19.1. The number of halogens is 1. The van der Waals surface area contributed by atoms with Gasteiger partial charge in [0.2, 0.25) is 5.91 Å². The lowest BCUT2D eigenvalue weighted by Gasteiger charge is -2.44. The first-order valence-electron chi connectivity index (χ1n) is 11.7. The predicted molar refractivity (Wildman–Crippen MR) is 126 cm³/mol. The Morgan fingerprint density at radius 2 is 1.80 bits per heavy atom. The van der Waals surface area contributed by atoms with Gasteiger partial charge in [0.1, 0.15) is 23.3 Å². The van der Waals surface area contributed by atoms with E-state index >= 15 is 0 Å².